The van der Waals surface area contributed by atoms with Crippen LogP contribution in [0.15, 0.2) is 58.2 Å². The van der Waals surface area contributed by atoms with E-state index in [-0.39, 0.29) is 22.6 Å². The van der Waals surface area contributed by atoms with Crippen LogP contribution >= 0.6 is 23.4 Å². The summed E-state index contributed by atoms with van der Waals surface area (Å²) in [7, 11) is 1.65. The summed E-state index contributed by atoms with van der Waals surface area (Å²) in [6, 6.07) is 13.1. The van der Waals surface area contributed by atoms with Crippen molar-refractivity contribution in [3.05, 3.63) is 59.1 Å². The van der Waals surface area contributed by atoms with Gasteiger partial charge in [0.2, 0.25) is 11.8 Å². The second-order valence-corrected chi connectivity index (χ2v) is 7.30. The summed E-state index contributed by atoms with van der Waals surface area (Å²) in [4.78, 5) is 13.8. The number of rotatable bonds is 8. The van der Waals surface area contributed by atoms with Crippen LogP contribution in [0.1, 0.15) is 5.56 Å². The zero-order valence-electron chi connectivity index (χ0n) is 15.2. The van der Waals surface area contributed by atoms with Gasteiger partial charge in [-0.3, -0.25) is 4.79 Å². The Bertz CT molecular complexity index is 952. The summed E-state index contributed by atoms with van der Waals surface area (Å²) in [6.07, 6.45) is 0. The largest absolute Gasteiger partial charge is 0.435 e. The predicted octanol–water partition coefficient (Wildman–Crippen LogP) is 4.74. The lowest BCUT2D eigenvalue weighted by molar-refractivity contribution is -0.127. The van der Waals surface area contributed by atoms with Gasteiger partial charge < -0.3 is 14.1 Å². The van der Waals surface area contributed by atoms with E-state index in [1.165, 1.54) is 17.0 Å². The standard InChI is InChI=1S/C19H16ClF2N3O3S/c1-25(10-12-2-8-15(9-3-12)27-18(21)22)16(26)11-29-19-24-23-17(28-19)13-4-6-14(20)7-5-13/h2-9,18H,10-11H2,1H3. The quantitative estimate of drug-likeness (QED) is 0.472. The summed E-state index contributed by atoms with van der Waals surface area (Å²) < 4.78 is 34.2. The van der Waals surface area contributed by atoms with E-state index >= 15 is 0 Å². The summed E-state index contributed by atoms with van der Waals surface area (Å²) >= 11 is 6.99. The van der Waals surface area contributed by atoms with Gasteiger partial charge >= 0.3 is 6.61 Å². The van der Waals surface area contributed by atoms with E-state index in [9.17, 15) is 13.6 Å². The van der Waals surface area contributed by atoms with Gasteiger partial charge in [0.1, 0.15) is 5.75 Å². The molecule has 0 fully saturated rings. The van der Waals surface area contributed by atoms with Gasteiger partial charge in [0, 0.05) is 24.2 Å². The molecule has 0 N–H and O–H groups in total. The second kappa shape index (κ2) is 9.71. The van der Waals surface area contributed by atoms with Crippen molar-refractivity contribution in [2.45, 2.75) is 18.4 Å². The first kappa shape index (κ1) is 21.1. The highest BCUT2D eigenvalue weighted by Crippen LogP contribution is 2.24. The SMILES string of the molecule is CN(Cc1ccc(OC(F)F)cc1)C(=O)CSc1nnc(-c2ccc(Cl)cc2)o1. The Morgan fingerprint density at radius 2 is 1.86 bits per heavy atom. The van der Waals surface area contributed by atoms with Crippen molar-refractivity contribution in [1.82, 2.24) is 15.1 Å². The second-order valence-electron chi connectivity index (χ2n) is 5.94. The molecule has 0 aliphatic rings. The minimum absolute atomic E-state index is 0.0705. The Balaban J connectivity index is 1.50. The number of nitrogens with zero attached hydrogens (tertiary/aromatic N) is 3. The van der Waals surface area contributed by atoms with Crippen LogP contribution in [0.3, 0.4) is 0 Å². The number of carbonyl (C=O) groups excluding carboxylic acids is 1. The average Bonchev–Trinajstić information content (AvgIpc) is 3.16. The van der Waals surface area contributed by atoms with Crippen LogP contribution in [0, 0.1) is 0 Å². The van der Waals surface area contributed by atoms with Crippen molar-refractivity contribution in [1.29, 1.82) is 0 Å². The minimum Gasteiger partial charge on any atom is -0.435 e. The third kappa shape index (κ3) is 6.16. The first-order valence-corrected chi connectivity index (χ1v) is 9.77. The molecule has 0 aliphatic carbocycles. The summed E-state index contributed by atoms with van der Waals surface area (Å²) in [5.74, 6) is 0.386. The summed E-state index contributed by atoms with van der Waals surface area (Å²) in [5, 5.41) is 8.78. The van der Waals surface area contributed by atoms with Gasteiger partial charge in [0.15, 0.2) is 0 Å². The third-order valence-corrected chi connectivity index (χ3v) is 4.87. The van der Waals surface area contributed by atoms with Crippen LogP contribution in [0.25, 0.3) is 11.5 Å². The number of benzene rings is 2. The highest BCUT2D eigenvalue weighted by atomic mass is 35.5. The van der Waals surface area contributed by atoms with Gasteiger partial charge in [-0.1, -0.05) is 35.5 Å². The molecule has 0 atom stereocenters. The minimum atomic E-state index is -2.87. The number of thioether (sulfide) groups is 1. The maximum Gasteiger partial charge on any atom is 0.387 e. The number of halogens is 3. The van der Waals surface area contributed by atoms with Gasteiger partial charge in [-0.05, 0) is 42.0 Å². The fourth-order valence-electron chi connectivity index (χ4n) is 2.35. The van der Waals surface area contributed by atoms with E-state index in [1.807, 2.05) is 0 Å². The molecule has 0 spiro atoms. The molecule has 3 aromatic rings. The number of ether oxygens (including phenoxy) is 1. The molecule has 0 radical (unpaired) electrons. The smallest absolute Gasteiger partial charge is 0.387 e. The number of alkyl halides is 2. The van der Waals surface area contributed by atoms with Crippen LogP contribution in [-0.4, -0.2) is 40.4 Å². The highest BCUT2D eigenvalue weighted by Gasteiger charge is 2.14. The highest BCUT2D eigenvalue weighted by molar-refractivity contribution is 7.99. The number of hydrogen-bond acceptors (Lipinski definition) is 6. The monoisotopic (exact) mass is 439 g/mol. The maximum atomic E-state index is 12.3. The van der Waals surface area contributed by atoms with Crippen molar-refractivity contribution in [2.75, 3.05) is 12.8 Å². The average molecular weight is 440 g/mol. The lowest BCUT2D eigenvalue weighted by Gasteiger charge is -2.17. The fourth-order valence-corrected chi connectivity index (χ4v) is 3.18. The molecule has 0 saturated carbocycles. The van der Waals surface area contributed by atoms with Crippen molar-refractivity contribution in [3.63, 3.8) is 0 Å². The van der Waals surface area contributed by atoms with Crippen LogP contribution in [0.2, 0.25) is 5.02 Å². The van der Waals surface area contributed by atoms with Crippen LogP contribution < -0.4 is 4.74 Å². The van der Waals surface area contributed by atoms with E-state index in [0.29, 0.717) is 17.5 Å². The molecular weight excluding hydrogens is 424 g/mol. The van der Waals surface area contributed by atoms with Crippen molar-refractivity contribution in [3.8, 4) is 17.2 Å². The molecule has 10 heteroatoms. The first-order valence-electron chi connectivity index (χ1n) is 8.40. The van der Waals surface area contributed by atoms with E-state index in [2.05, 4.69) is 14.9 Å². The molecule has 3 rings (SSSR count). The van der Waals surface area contributed by atoms with Crippen molar-refractivity contribution < 1.29 is 22.7 Å². The molecule has 1 amide bonds. The van der Waals surface area contributed by atoms with Crippen LogP contribution in [-0.2, 0) is 11.3 Å². The Kier molecular flexibility index (Phi) is 7.05. The van der Waals surface area contributed by atoms with Gasteiger partial charge in [0.05, 0.1) is 5.75 Å². The Hall–Kier alpha value is -2.65. The van der Waals surface area contributed by atoms with Crippen LogP contribution in [0.4, 0.5) is 8.78 Å². The van der Waals surface area contributed by atoms with E-state index in [1.54, 1.807) is 43.4 Å². The number of aromatic nitrogens is 2. The van der Waals surface area contributed by atoms with E-state index < -0.39 is 6.61 Å². The molecule has 1 heterocycles. The summed E-state index contributed by atoms with van der Waals surface area (Å²) in [5.41, 5.74) is 1.52. The van der Waals surface area contributed by atoms with E-state index in [0.717, 1.165) is 22.9 Å². The van der Waals surface area contributed by atoms with E-state index in [4.69, 9.17) is 16.0 Å². The lowest BCUT2D eigenvalue weighted by Crippen LogP contribution is -2.27. The number of hydrogen-bond donors (Lipinski definition) is 0. The van der Waals surface area contributed by atoms with Crippen LogP contribution in [0.5, 0.6) is 5.75 Å². The molecule has 6 nitrogen and oxygen atoms in total. The first-order chi connectivity index (χ1) is 13.9. The molecule has 1 aromatic heterocycles. The van der Waals surface area contributed by atoms with Gasteiger partial charge in [0.25, 0.3) is 5.22 Å². The normalized spacial score (nSPS) is 10.9. The molecule has 152 valence electrons. The zero-order chi connectivity index (χ0) is 20.8. The Morgan fingerprint density at radius 3 is 2.52 bits per heavy atom. The number of amides is 1. The molecule has 0 aliphatic heterocycles. The predicted molar refractivity (Wildman–Crippen MR) is 105 cm³/mol. The molecular formula is C19H16ClF2N3O3S. The zero-order valence-corrected chi connectivity index (χ0v) is 16.8. The molecule has 0 bridgehead atoms. The van der Waals surface area contributed by atoms with Crippen molar-refractivity contribution in [2.24, 2.45) is 0 Å². The fraction of sp³-hybridized carbons (Fsp3) is 0.211. The van der Waals surface area contributed by atoms with Crippen molar-refractivity contribution >= 4 is 29.3 Å². The number of carbonyl (C=O) groups is 1. The van der Waals surface area contributed by atoms with Gasteiger partial charge in [-0.15, -0.1) is 10.2 Å². The molecule has 29 heavy (non-hydrogen) atoms. The molecule has 0 unspecified atom stereocenters. The van der Waals surface area contributed by atoms with Gasteiger partial charge in [-0.2, -0.15) is 8.78 Å². The Morgan fingerprint density at radius 1 is 1.17 bits per heavy atom. The molecule has 2 aromatic carbocycles. The molecule has 0 saturated heterocycles. The topological polar surface area (TPSA) is 68.5 Å². The summed E-state index contributed by atoms with van der Waals surface area (Å²) in [6.45, 7) is -2.54. The Labute approximate surface area is 174 Å². The van der Waals surface area contributed by atoms with Gasteiger partial charge in [-0.25, -0.2) is 0 Å². The lowest BCUT2D eigenvalue weighted by atomic mass is 10.2. The third-order valence-electron chi connectivity index (χ3n) is 3.81. The maximum absolute atomic E-state index is 12.3.